The number of hydrogen-bond donors (Lipinski definition) is 1. The molecule has 1 amide bonds. The van der Waals surface area contributed by atoms with Gasteiger partial charge < -0.3 is 10.1 Å². The molecule has 28 heavy (non-hydrogen) atoms. The van der Waals surface area contributed by atoms with Gasteiger partial charge in [0.15, 0.2) is 0 Å². The number of nitrogens with zero attached hydrogens (tertiary/aromatic N) is 1. The van der Waals surface area contributed by atoms with Crippen LogP contribution in [0.15, 0.2) is 48.5 Å². The number of amides is 1. The largest absolute Gasteiger partial charge is 0.497 e. The van der Waals surface area contributed by atoms with Crippen molar-refractivity contribution >= 4 is 38.9 Å². The predicted octanol–water partition coefficient (Wildman–Crippen LogP) is 5.13. The quantitative estimate of drug-likeness (QED) is 0.607. The number of methoxy groups -OCH3 is 1. The third kappa shape index (κ3) is 3.88. The second-order valence-electron chi connectivity index (χ2n) is 6.98. The minimum Gasteiger partial charge on any atom is -0.497 e. The SMILES string of the molecule is COc1ccc(C(CNC(=O)c2sc3ccccc3c2Cl)N2CCCC2)cc1. The summed E-state index contributed by atoms with van der Waals surface area (Å²) in [4.78, 5) is 15.9. The molecule has 0 saturated carbocycles. The van der Waals surface area contributed by atoms with Crippen LogP contribution in [0.2, 0.25) is 5.02 Å². The van der Waals surface area contributed by atoms with E-state index in [9.17, 15) is 4.79 Å². The molecule has 1 N–H and O–H groups in total. The molecule has 0 bridgehead atoms. The number of carbonyl (C=O) groups excluding carboxylic acids is 1. The van der Waals surface area contributed by atoms with E-state index in [1.54, 1.807) is 7.11 Å². The molecule has 1 fully saturated rings. The molecule has 2 aromatic carbocycles. The van der Waals surface area contributed by atoms with Crippen LogP contribution in [0, 0.1) is 0 Å². The van der Waals surface area contributed by atoms with E-state index in [1.165, 1.54) is 29.7 Å². The fraction of sp³-hybridized carbons (Fsp3) is 0.318. The van der Waals surface area contributed by atoms with Gasteiger partial charge in [0.05, 0.1) is 18.2 Å². The first-order valence-electron chi connectivity index (χ1n) is 9.50. The minimum atomic E-state index is -0.107. The summed E-state index contributed by atoms with van der Waals surface area (Å²) in [5.74, 6) is 0.730. The van der Waals surface area contributed by atoms with Gasteiger partial charge in [-0.1, -0.05) is 41.9 Å². The summed E-state index contributed by atoms with van der Waals surface area (Å²) in [5.41, 5.74) is 1.19. The average Bonchev–Trinajstić information content (AvgIpc) is 3.37. The predicted molar refractivity (Wildman–Crippen MR) is 116 cm³/mol. The molecule has 6 heteroatoms. The van der Waals surface area contributed by atoms with Crippen LogP contribution < -0.4 is 10.1 Å². The Labute approximate surface area is 174 Å². The molecule has 1 saturated heterocycles. The lowest BCUT2D eigenvalue weighted by Crippen LogP contribution is -2.36. The topological polar surface area (TPSA) is 41.6 Å². The van der Waals surface area contributed by atoms with Gasteiger partial charge in [0.25, 0.3) is 5.91 Å². The van der Waals surface area contributed by atoms with Crippen molar-refractivity contribution in [3.05, 3.63) is 64.0 Å². The van der Waals surface area contributed by atoms with Crippen molar-refractivity contribution in [2.75, 3.05) is 26.7 Å². The Bertz CT molecular complexity index is 964. The summed E-state index contributed by atoms with van der Waals surface area (Å²) >= 11 is 7.91. The van der Waals surface area contributed by atoms with Gasteiger partial charge in [-0.3, -0.25) is 9.69 Å². The Morgan fingerprint density at radius 3 is 2.57 bits per heavy atom. The summed E-state index contributed by atoms with van der Waals surface area (Å²) in [6, 6.07) is 16.1. The number of fused-ring (bicyclic) bond motifs is 1. The number of benzene rings is 2. The Kier molecular flexibility index (Phi) is 5.85. The van der Waals surface area contributed by atoms with Gasteiger partial charge in [-0.15, -0.1) is 11.3 Å². The van der Waals surface area contributed by atoms with E-state index in [-0.39, 0.29) is 11.9 Å². The number of thiophene rings is 1. The van der Waals surface area contributed by atoms with Gasteiger partial charge in [0, 0.05) is 16.6 Å². The molecule has 1 unspecified atom stereocenters. The van der Waals surface area contributed by atoms with Crippen LogP contribution in [0.5, 0.6) is 5.75 Å². The van der Waals surface area contributed by atoms with Gasteiger partial charge in [0.1, 0.15) is 10.6 Å². The van der Waals surface area contributed by atoms with Crippen LogP contribution in [0.1, 0.15) is 34.1 Å². The normalized spacial score (nSPS) is 15.6. The van der Waals surface area contributed by atoms with Crippen LogP contribution in [0.25, 0.3) is 10.1 Å². The second-order valence-corrected chi connectivity index (χ2v) is 8.41. The molecule has 3 aromatic rings. The van der Waals surface area contributed by atoms with E-state index in [1.807, 2.05) is 36.4 Å². The monoisotopic (exact) mass is 414 g/mol. The van der Waals surface area contributed by atoms with E-state index < -0.39 is 0 Å². The van der Waals surface area contributed by atoms with Crippen molar-refractivity contribution in [1.29, 1.82) is 0 Å². The lowest BCUT2D eigenvalue weighted by Gasteiger charge is -2.28. The molecule has 4 nitrogen and oxygen atoms in total. The van der Waals surface area contributed by atoms with E-state index in [4.69, 9.17) is 16.3 Å². The standard InChI is InChI=1S/C22H23ClN2O2S/c1-27-16-10-8-15(9-11-16)18(25-12-4-5-13-25)14-24-22(26)21-20(23)17-6-2-3-7-19(17)28-21/h2-3,6-11,18H,4-5,12-14H2,1H3,(H,24,26). The highest BCUT2D eigenvalue weighted by atomic mass is 35.5. The van der Waals surface area contributed by atoms with Crippen LogP contribution in [0.4, 0.5) is 0 Å². The summed E-state index contributed by atoms with van der Waals surface area (Å²) < 4.78 is 6.31. The van der Waals surface area contributed by atoms with Crippen molar-refractivity contribution in [3.8, 4) is 5.75 Å². The number of halogens is 1. The number of carbonyl (C=O) groups is 1. The first-order chi connectivity index (χ1) is 13.7. The highest BCUT2D eigenvalue weighted by Crippen LogP contribution is 2.35. The molecule has 1 aliphatic rings. The van der Waals surface area contributed by atoms with Crippen molar-refractivity contribution in [1.82, 2.24) is 10.2 Å². The first-order valence-corrected chi connectivity index (χ1v) is 10.7. The fourth-order valence-electron chi connectivity index (χ4n) is 3.77. The maximum Gasteiger partial charge on any atom is 0.262 e. The number of rotatable bonds is 6. The summed E-state index contributed by atoms with van der Waals surface area (Å²) in [5, 5.41) is 4.60. The lowest BCUT2D eigenvalue weighted by atomic mass is 10.1. The number of likely N-dealkylation sites (tertiary alicyclic amines) is 1. The van der Waals surface area contributed by atoms with E-state index >= 15 is 0 Å². The zero-order valence-electron chi connectivity index (χ0n) is 15.8. The summed E-state index contributed by atoms with van der Waals surface area (Å²) in [6.07, 6.45) is 2.39. The van der Waals surface area contributed by atoms with Gasteiger partial charge in [-0.05, 0) is 49.7 Å². The highest BCUT2D eigenvalue weighted by molar-refractivity contribution is 7.21. The molecular weight excluding hydrogens is 392 g/mol. The molecule has 146 valence electrons. The molecule has 2 heterocycles. The zero-order chi connectivity index (χ0) is 19.5. The van der Waals surface area contributed by atoms with Crippen molar-refractivity contribution in [2.45, 2.75) is 18.9 Å². The molecule has 0 spiro atoms. The fourth-order valence-corrected chi connectivity index (χ4v) is 5.20. The molecule has 1 aliphatic heterocycles. The second kappa shape index (κ2) is 8.52. The van der Waals surface area contributed by atoms with Crippen LogP contribution >= 0.6 is 22.9 Å². The van der Waals surface area contributed by atoms with Crippen molar-refractivity contribution in [2.24, 2.45) is 0 Å². The highest BCUT2D eigenvalue weighted by Gasteiger charge is 2.25. The Morgan fingerprint density at radius 1 is 1.18 bits per heavy atom. The average molecular weight is 415 g/mol. The van der Waals surface area contributed by atoms with Gasteiger partial charge >= 0.3 is 0 Å². The Morgan fingerprint density at radius 2 is 1.89 bits per heavy atom. The molecule has 0 aliphatic carbocycles. The maximum atomic E-state index is 12.9. The van der Waals surface area contributed by atoms with Gasteiger partial charge in [-0.2, -0.15) is 0 Å². The smallest absolute Gasteiger partial charge is 0.262 e. The third-order valence-electron chi connectivity index (χ3n) is 5.28. The van der Waals surface area contributed by atoms with Crippen LogP contribution in [-0.4, -0.2) is 37.6 Å². The van der Waals surface area contributed by atoms with Crippen molar-refractivity contribution < 1.29 is 9.53 Å². The zero-order valence-corrected chi connectivity index (χ0v) is 17.4. The Balaban J connectivity index is 1.52. The molecule has 4 rings (SSSR count). The summed E-state index contributed by atoms with van der Waals surface area (Å²) in [7, 11) is 1.67. The van der Waals surface area contributed by atoms with E-state index in [2.05, 4.69) is 22.3 Å². The molecule has 1 atom stereocenters. The van der Waals surface area contributed by atoms with E-state index in [0.717, 1.165) is 28.9 Å². The molecule has 1 aromatic heterocycles. The van der Waals surface area contributed by atoms with Crippen LogP contribution in [-0.2, 0) is 0 Å². The number of nitrogens with one attached hydrogen (secondary N) is 1. The summed E-state index contributed by atoms with van der Waals surface area (Å²) in [6.45, 7) is 2.65. The van der Waals surface area contributed by atoms with Gasteiger partial charge in [0.2, 0.25) is 0 Å². The third-order valence-corrected chi connectivity index (χ3v) is 6.95. The molecular formula is C22H23ClN2O2S. The Hall–Kier alpha value is -2.08. The lowest BCUT2D eigenvalue weighted by molar-refractivity contribution is 0.0942. The van der Waals surface area contributed by atoms with Crippen LogP contribution in [0.3, 0.4) is 0 Å². The maximum absolute atomic E-state index is 12.9. The number of hydrogen-bond acceptors (Lipinski definition) is 4. The minimum absolute atomic E-state index is 0.107. The molecule has 0 radical (unpaired) electrons. The van der Waals surface area contributed by atoms with Crippen molar-refractivity contribution in [3.63, 3.8) is 0 Å². The number of ether oxygens (including phenoxy) is 1. The van der Waals surface area contributed by atoms with Gasteiger partial charge in [-0.25, -0.2) is 0 Å². The van der Waals surface area contributed by atoms with E-state index in [0.29, 0.717) is 16.4 Å². The first kappa shape index (κ1) is 19.2.